The predicted octanol–water partition coefficient (Wildman–Crippen LogP) is 0.870. The Morgan fingerprint density at radius 3 is 3.00 bits per heavy atom. The molecule has 0 saturated carbocycles. The van der Waals surface area contributed by atoms with Gasteiger partial charge in [-0.25, -0.2) is 0 Å². The van der Waals surface area contributed by atoms with Crippen LogP contribution in [0.5, 0.6) is 0 Å². The molecule has 8 heteroatoms. The summed E-state index contributed by atoms with van der Waals surface area (Å²) >= 11 is 1.46. The normalized spacial score (nSPS) is 18.1. The third-order valence-electron chi connectivity index (χ3n) is 4.43. The van der Waals surface area contributed by atoms with Gasteiger partial charge in [-0.2, -0.15) is 5.10 Å². The molecule has 7 nitrogen and oxygen atoms in total. The van der Waals surface area contributed by atoms with Gasteiger partial charge in [0.1, 0.15) is 4.83 Å². The predicted molar refractivity (Wildman–Crippen MR) is 94.0 cm³/mol. The standard InChI is InChI=1S/C16H23N5O2S/c1-10-12-8-13(24-16(12)20(2)19-10)15(23)21-7-3-4-11(9-21)14(22)18-6-5-17/h8,11H,3-7,9,17H2,1-2H3,(H,18,22). The Hall–Kier alpha value is -1.93. The van der Waals surface area contributed by atoms with Crippen LogP contribution < -0.4 is 11.1 Å². The molecule has 1 saturated heterocycles. The minimum Gasteiger partial charge on any atom is -0.355 e. The van der Waals surface area contributed by atoms with Crippen LogP contribution in [0.15, 0.2) is 6.07 Å². The molecular formula is C16H23N5O2S. The maximum Gasteiger partial charge on any atom is 0.264 e. The zero-order valence-electron chi connectivity index (χ0n) is 14.0. The lowest BCUT2D eigenvalue weighted by atomic mass is 9.97. The molecule has 1 atom stereocenters. The van der Waals surface area contributed by atoms with Gasteiger partial charge in [0.25, 0.3) is 5.91 Å². The van der Waals surface area contributed by atoms with E-state index in [0.717, 1.165) is 28.8 Å². The van der Waals surface area contributed by atoms with Crippen molar-refractivity contribution in [2.24, 2.45) is 18.7 Å². The molecule has 0 aliphatic carbocycles. The van der Waals surface area contributed by atoms with Gasteiger partial charge in [-0.1, -0.05) is 0 Å². The number of aromatic nitrogens is 2. The van der Waals surface area contributed by atoms with Gasteiger partial charge in [0.2, 0.25) is 5.91 Å². The second-order valence-electron chi connectivity index (χ2n) is 6.21. The number of aryl methyl sites for hydroxylation is 2. The van der Waals surface area contributed by atoms with Gasteiger partial charge in [0.15, 0.2) is 0 Å². The highest BCUT2D eigenvalue weighted by atomic mass is 32.1. The topological polar surface area (TPSA) is 93.2 Å². The Labute approximate surface area is 144 Å². The summed E-state index contributed by atoms with van der Waals surface area (Å²) in [6, 6.07) is 1.92. The molecule has 24 heavy (non-hydrogen) atoms. The van der Waals surface area contributed by atoms with Crippen molar-refractivity contribution in [1.29, 1.82) is 0 Å². The van der Waals surface area contributed by atoms with Crippen molar-refractivity contribution in [1.82, 2.24) is 20.0 Å². The summed E-state index contributed by atoms with van der Waals surface area (Å²) in [7, 11) is 1.89. The van der Waals surface area contributed by atoms with Crippen molar-refractivity contribution in [2.75, 3.05) is 26.2 Å². The van der Waals surface area contributed by atoms with Gasteiger partial charge in [-0.3, -0.25) is 14.3 Å². The molecule has 1 aliphatic rings. The number of fused-ring (bicyclic) bond motifs is 1. The fourth-order valence-corrected chi connectivity index (χ4v) is 4.27. The molecule has 3 heterocycles. The molecule has 3 rings (SSSR count). The molecule has 3 N–H and O–H groups in total. The summed E-state index contributed by atoms with van der Waals surface area (Å²) in [5.74, 6) is -0.145. The van der Waals surface area contributed by atoms with E-state index in [1.165, 1.54) is 11.3 Å². The monoisotopic (exact) mass is 349 g/mol. The summed E-state index contributed by atoms with van der Waals surface area (Å²) in [5.41, 5.74) is 6.35. The van der Waals surface area contributed by atoms with Gasteiger partial charge in [0.05, 0.1) is 16.5 Å². The fourth-order valence-electron chi connectivity index (χ4n) is 3.18. The van der Waals surface area contributed by atoms with Crippen LogP contribution in [0.1, 0.15) is 28.2 Å². The first kappa shape index (κ1) is 16.9. The number of nitrogens with one attached hydrogen (secondary N) is 1. The number of hydrogen-bond donors (Lipinski definition) is 2. The average Bonchev–Trinajstić information content (AvgIpc) is 3.14. The second kappa shape index (κ2) is 6.90. The van der Waals surface area contributed by atoms with Crippen LogP contribution in [0.3, 0.4) is 0 Å². The Kier molecular flexibility index (Phi) is 4.86. The minimum atomic E-state index is -0.146. The van der Waals surface area contributed by atoms with Crippen LogP contribution in [-0.2, 0) is 11.8 Å². The molecule has 130 valence electrons. The number of piperidine rings is 1. The van der Waals surface area contributed by atoms with Gasteiger partial charge in [-0.05, 0) is 25.8 Å². The molecule has 0 radical (unpaired) electrons. The Morgan fingerprint density at radius 2 is 2.29 bits per heavy atom. The fraction of sp³-hybridized carbons (Fsp3) is 0.562. The van der Waals surface area contributed by atoms with Gasteiger partial charge >= 0.3 is 0 Å². The third kappa shape index (κ3) is 3.16. The van der Waals surface area contributed by atoms with Crippen molar-refractivity contribution in [3.05, 3.63) is 16.6 Å². The molecule has 2 amide bonds. The van der Waals surface area contributed by atoms with Crippen LogP contribution >= 0.6 is 11.3 Å². The summed E-state index contributed by atoms with van der Waals surface area (Å²) in [6.45, 7) is 4.02. The second-order valence-corrected chi connectivity index (χ2v) is 7.24. The first-order valence-corrected chi connectivity index (χ1v) is 9.03. The van der Waals surface area contributed by atoms with Crippen LogP contribution in [0.4, 0.5) is 0 Å². The van der Waals surface area contributed by atoms with Crippen molar-refractivity contribution in [3.63, 3.8) is 0 Å². The van der Waals surface area contributed by atoms with E-state index in [1.807, 2.05) is 24.7 Å². The molecule has 1 unspecified atom stereocenters. The van der Waals surface area contributed by atoms with Gasteiger partial charge in [-0.15, -0.1) is 11.3 Å². The number of carbonyl (C=O) groups excluding carboxylic acids is 2. The number of likely N-dealkylation sites (tertiary alicyclic amines) is 1. The van der Waals surface area contributed by atoms with Gasteiger partial charge < -0.3 is 16.0 Å². The van der Waals surface area contributed by atoms with Gasteiger partial charge in [0, 0.05) is 38.6 Å². The Morgan fingerprint density at radius 1 is 1.50 bits per heavy atom. The number of hydrogen-bond acceptors (Lipinski definition) is 5. The van der Waals surface area contributed by atoms with E-state index in [1.54, 1.807) is 4.90 Å². The zero-order chi connectivity index (χ0) is 17.3. The van der Waals surface area contributed by atoms with Crippen LogP contribution in [0.2, 0.25) is 0 Å². The van der Waals surface area contributed by atoms with E-state index in [9.17, 15) is 9.59 Å². The first-order chi connectivity index (χ1) is 11.5. The van der Waals surface area contributed by atoms with E-state index in [2.05, 4.69) is 10.4 Å². The number of amides is 2. The summed E-state index contributed by atoms with van der Waals surface area (Å²) in [5, 5.41) is 8.22. The lowest BCUT2D eigenvalue weighted by Gasteiger charge is -2.31. The minimum absolute atomic E-state index is 0.00525. The molecule has 0 spiro atoms. The molecule has 0 bridgehead atoms. The molecule has 0 aromatic carbocycles. The highest BCUT2D eigenvalue weighted by Crippen LogP contribution is 2.29. The van der Waals surface area contributed by atoms with E-state index in [4.69, 9.17) is 5.73 Å². The third-order valence-corrected chi connectivity index (χ3v) is 5.62. The average molecular weight is 349 g/mol. The maximum atomic E-state index is 12.8. The number of nitrogens with two attached hydrogens (primary N) is 1. The molecular weight excluding hydrogens is 326 g/mol. The van der Waals surface area contributed by atoms with E-state index < -0.39 is 0 Å². The number of carbonyl (C=O) groups is 2. The zero-order valence-corrected chi connectivity index (χ0v) is 14.9. The largest absolute Gasteiger partial charge is 0.355 e. The molecule has 2 aromatic rings. The summed E-state index contributed by atoms with van der Waals surface area (Å²) in [4.78, 5) is 28.5. The number of rotatable bonds is 4. The lowest BCUT2D eigenvalue weighted by molar-refractivity contribution is -0.126. The van der Waals surface area contributed by atoms with Crippen LogP contribution in [-0.4, -0.2) is 52.7 Å². The van der Waals surface area contributed by atoms with Crippen molar-refractivity contribution >= 4 is 33.4 Å². The molecule has 1 fully saturated rings. The summed E-state index contributed by atoms with van der Waals surface area (Å²) in [6.07, 6.45) is 1.66. The Bertz CT molecular complexity index is 731. The number of nitrogens with zero attached hydrogens (tertiary/aromatic N) is 3. The molecule has 1 aliphatic heterocycles. The van der Waals surface area contributed by atoms with E-state index in [-0.39, 0.29) is 17.7 Å². The van der Waals surface area contributed by atoms with E-state index in [0.29, 0.717) is 31.1 Å². The SMILES string of the molecule is Cc1nn(C)c2sc(C(=O)N3CCCC(C(=O)NCCN)C3)cc12. The van der Waals surface area contributed by atoms with E-state index >= 15 is 0 Å². The lowest BCUT2D eigenvalue weighted by Crippen LogP contribution is -2.46. The van der Waals surface area contributed by atoms with Crippen molar-refractivity contribution in [3.8, 4) is 0 Å². The quantitative estimate of drug-likeness (QED) is 0.856. The van der Waals surface area contributed by atoms with Crippen LogP contribution in [0.25, 0.3) is 10.2 Å². The first-order valence-electron chi connectivity index (χ1n) is 8.21. The highest BCUT2D eigenvalue weighted by molar-refractivity contribution is 7.20. The molecule has 2 aromatic heterocycles. The van der Waals surface area contributed by atoms with Crippen molar-refractivity contribution in [2.45, 2.75) is 19.8 Å². The van der Waals surface area contributed by atoms with Crippen molar-refractivity contribution < 1.29 is 9.59 Å². The maximum absolute atomic E-state index is 12.8. The highest BCUT2D eigenvalue weighted by Gasteiger charge is 2.29. The summed E-state index contributed by atoms with van der Waals surface area (Å²) < 4.78 is 1.81. The number of thiophene rings is 1. The van der Waals surface area contributed by atoms with Crippen LogP contribution in [0, 0.1) is 12.8 Å². The smallest absolute Gasteiger partial charge is 0.264 e. The Balaban J connectivity index is 1.73.